The molecule has 0 spiro atoms. The van der Waals surface area contributed by atoms with Gasteiger partial charge in [0.15, 0.2) is 0 Å². The first-order valence-corrected chi connectivity index (χ1v) is 13.1. The number of thiol groups is 1. The summed E-state index contributed by atoms with van der Waals surface area (Å²) in [6.45, 7) is 4.94. The smallest absolute Gasteiger partial charge is 0.326 e. The first-order valence-electron chi connectivity index (χ1n) is 11.0. The molecule has 178 valence electrons. The molecule has 32 heavy (non-hydrogen) atoms. The van der Waals surface area contributed by atoms with Crippen LogP contribution in [0, 0.1) is 5.92 Å². The molecule has 2 rings (SSSR count). The van der Waals surface area contributed by atoms with Crippen molar-refractivity contribution in [2.45, 2.75) is 57.8 Å². The van der Waals surface area contributed by atoms with Crippen molar-refractivity contribution < 1.29 is 19.5 Å². The molecule has 2 amide bonds. The van der Waals surface area contributed by atoms with Gasteiger partial charge in [-0.25, -0.2) is 4.79 Å². The molecule has 1 aromatic carbocycles. The van der Waals surface area contributed by atoms with Crippen LogP contribution in [0.5, 0.6) is 0 Å². The van der Waals surface area contributed by atoms with Gasteiger partial charge in [0.2, 0.25) is 11.8 Å². The van der Waals surface area contributed by atoms with Crippen LogP contribution < -0.4 is 10.6 Å². The minimum Gasteiger partial charge on any atom is -0.480 e. The molecule has 1 heterocycles. The fraction of sp³-hybridized carbons (Fsp3) is 0.609. The van der Waals surface area contributed by atoms with Gasteiger partial charge in [-0.15, -0.1) is 0 Å². The summed E-state index contributed by atoms with van der Waals surface area (Å²) in [7, 11) is 0. The minimum atomic E-state index is -1.06. The van der Waals surface area contributed by atoms with Crippen LogP contribution >= 0.6 is 24.4 Å². The van der Waals surface area contributed by atoms with E-state index >= 15 is 0 Å². The third kappa shape index (κ3) is 7.15. The van der Waals surface area contributed by atoms with E-state index in [0.29, 0.717) is 31.7 Å². The third-order valence-corrected chi connectivity index (χ3v) is 6.65. The van der Waals surface area contributed by atoms with Crippen molar-refractivity contribution in [3.8, 4) is 0 Å². The van der Waals surface area contributed by atoms with Gasteiger partial charge in [0, 0.05) is 13.0 Å². The quantitative estimate of drug-likeness (QED) is 0.270. The van der Waals surface area contributed by atoms with Gasteiger partial charge in [0.1, 0.15) is 12.1 Å². The summed E-state index contributed by atoms with van der Waals surface area (Å²) in [5.41, 5.74) is 2.02. The van der Waals surface area contributed by atoms with E-state index in [1.54, 1.807) is 4.90 Å². The van der Waals surface area contributed by atoms with Crippen LogP contribution in [-0.2, 0) is 27.3 Å². The molecule has 0 unspecified atom stereocenters. The van der Waals surface area contributed by atoms with Gasteiger partial charge in [-0.3, -0.25) is 9.59 Å². The predicted molar refractivity (Wildman–Crippen MR) is 132 cm³/mol. The summed E-state index contributed by atoms with van der Waals surface area (Å²) in [4.78, 5) is 40.1. The Labute approximate surface area is 200 Å². The number of hydrogen-bond donors (Lipinski definition) is 4. The fourth-order valence-corrected chi connectivity index (χ4v) is 4.50. The van der Waals surface area contributed by atoms with Crippen LogP contribution in [0.2, 0.25) is 0 Å². The Bertz CT molecular complexity index is 790. The summed E-state index contributed by atoms with van der Waals surface area (Å²) in [5.74, 6) is -0.228. The molecule has 0 bridgehead atoms. The second kappa shape index (κ2) is 13.1. The topological polar surface area (TPSA) is 98.7 Å². The zero-order chi connectivity index (χ0) is 23.7. The van der Waals surface area contributed by atoms with Gasteiger partial charge in [-0.05, 0) is 54.2 Å². The first-order chi connectivity index (χ1) is 15.3. The van der Waals surface area contributed by atoms with Crippen molar-refractivity contribution in [1.82, 2.24) is 15.5 Å². The molecule has 1 aliphatic rings. The first kappa shape index (κ1) is 26.5. The highest BCUT2D eigenvalue weighted by Gasteiger charge is 2.39. The number of aliphatic carboxylic acids is 1. The molecular formula is C23H35N3O4S2. The maximum Gasteiger partial charge on any atom is 0.326 e. The van der Waals surface area contributed by atoms with Crippen LogP contribution in [0.4, 0.5) is 0 Å². The number of thioether (sulfide) groups is 1. The van der Waals surface area contributed by atoms with E-state index in [4.69, 9.17) is 0 Å². The van der Waals surface area contributed by atoms with Crippen molar-refractivity contribution in [1.29, 1.82) is 0 Å². The number of carboxylic acids is 1. The molecule has 0 aromatic heterocycles. The number of nitrogens with zero attached hydrogens (tertiary/aromatic N) is 1. The Balaban J connectivity index is 2.28. The number of carbonyl (C=O) groups excluding carboxylic acids is 2. The SMILES string of the molecule is CSCC[C@H](NC(=O)[C@H]1Cc2ccccc2CN1C(=O)[C@@H](NCCCS)C(C)C)C(=O)O. The molecular weight excluding hydrogens is 446 g/mol. The monoisotopic (exact) mass is 481 g/mol. The molecule has 1 aliphatic heterocycles. The Morgan fingerprint density at radius 1 is 1.25 bits per heavy atom. The van der Waals surface area contributed by atoms with E-state index in [1.807, 2.05) is 44.4 Å². The van der Waals surface area contributed by atoms with Crippen molar-refractivity contribution in [2.24, 2.45) is 5.92 Å². The zero-order valence-electron chi connectivity index (χ0n) is 19.0. The average molecular weight is 482 g/mol. The van der Waals surface area contributed by atoms with Crippen molar-refractivity contribution >= 4 is 42.2 Å². The number of benzene rings is 1. The summed E-state index contributed by atoms with van der Waals surface area (Å²) in [6, 6.07) is 5.63. The fourth-order valence-electron chi connectivity index (χ4n) is 3.87. The molecule has 0 fully saturated rings. The maximum atomic E-state index is 13.6. The summed E-state index contributed by atoms with van der Waals surface area (Å²) >= 11 is 5.77. The van der Waals surface area contributed by atoms with E-state index in [9.17, 15) is 19.5 Å². The van der Waals surface area contributed by atoms with Crippen LogP contribution in [0.3, 0.4) is 0 Å². The largest absolute Gasteiger partial charge is 0.480 e. The van der Waals surface area contributed by atoms with Crippen molar-refractivity contribution in [2.75, 3.05) is 24.3 Å². The number of fused-ring (bicyclic) bond motifs is 1. The Hall–Kier alpha value is -1.71. The molecule has 7 nitrogen and oxygen atoms in total. The van der Waals surface area contributed by atoms with Crippen LogP contribution in [0.1, 0.15) is 37.8 Å². The highest BCUT2D eigenvalue weighted by molar-refractivity contribution is 7.98. The van der Waals surface area contributed by atoms with E-state index in [0.717, 1.165) is 23.3 Å². The second-order valence-corrected chi connectivity index (χ2v) is 9.82. The molecule has 3 N–H and O–H groups in total. The third-order valence-electron chi connectivity index (χ3n) is 5.69. The van der Waals surface area contributed by atoms with Gasteiger partial charge in [-0.2, -0.15) is 24.4 Å². The number of hydrogen-bond acceptors (Lipinski definition) is 6. The highest BCUT2D eigenvalue weighted by atomic mass is 32.2. The van der Waals surface area contributed by atoms with E-state index in [-0.39, 0.29) is 11.8 Å². The standard InChI is InChI=1S/C23H35N3O4S2/c1-15(2)20(24-10-6-11-31)22(28)26-14-17-8-5-4-7-16(17)13-19(26)21(27)25-18(23(29)30)9-12-32-3/h4-5,7-8,15,18-20,24,31H,6,9-14H2,1-3H3,(H,25,27)(H,29,30)/t18-,19+,20-/m0/s1. The zero-order valence-corrected chi connectivity index (χ0v) is 20.8. The summed E-state index contributed by atoms with van der Waals surface area (Å²) in [6.07, 6.45) is 3.43. The molecule has 0 aliphatic carbocycles. The second-order valence-electron chi connectivity index (χ2n) is 8.39. The molecule has 0 radical (unpaired) electrons. The molecule has 1 aromatic rings. The van der Waals surface area contributed by atoms with Crippen LogP contribution in [0.15, 0.2) is 24.3 Å². The van der Waals surface area contributed by atoms with E-state index in [2.05, 4.69) is 23.3 Å². The lowest BCUT2D eigenvalue weighted by Gasteiger charge is -2.39. The summed E-state index contributed by atoms with van der Waals surface area (Å²) < 4.78 is 0. The van der Waals surface area contributed by atoms with E-state index in [1.165, 1.54) is 11.8 Å². The van der Waals surface area contributed by atoms with Gasteiger partial charge in [0.25, 0.3) is 0 Å². The molecule has 9 heteroatoms. The van der Waals surface area contributed by atoms with Gasteiger partial charge in [0.05, 0.1) is 6.04 Å². The number of carboxylic acid groups (broad SMARTS) is 1. The number of carbonyl (C=O) groups is 3. The number of amides is 2. The minimum absolute atomic E-state index is 0.0386. The van der Waals surface area contributed by atoms with Crippen LogP contribution in [0.25, 0.3) is 0 Å². The Kier molecular flexibility index (Phi) is 10.9. The van der Waals surface area contributed by atoms with Gasteiger partial charge in [-0.1, -0.05) is 38.1 Å². The van der Waals surface area contributed by atoms with Crippen molar-refractivity contribution in [3.05, 3.63) is 35.4 Å². The molecule has 3 atom stereocenters. The lowest BCUT2D eigenvalue weighted by atomic mass is 9.91. The van der Waals surface area contributed by atoms with Crippen molar-refractivity contribution in [3.63, 3.8) is 0 Å². The molecule has 0 saturated carbocycles. The summed E-state index contributed by atoms with van der Waals surface area (Å²) in [5, 5.41) is 15.5. The van der Waals surface area contributed by atoms with E-state index < -0.39 is 30.0 Å². The Morgan fingerprint density at radius 2 is 1.94 bits per heavy atom. The lowest BCUT2D eigenvalue weighted by molar-refractivity contribution is -0.146. The number of nitrogens with one attached hydrogen (secondary N) is 2. The maximum absolute atomic E-state index is 13.6. The molecule has 0 saturated heterocycles. The highest BCUT2D eigenvalue weighted by Crippen LogP contribution is 2.25. The van der Waals surface area contributed by atoms with Gasteiger partial charge < -0.3 is 20.6 Å². The number of rotatable bonds is 12. The van der Waals surface area contributed by atoms with Crippen LogP contribution in [-0.4, -0.2) is 70.2 Å². The normalized spacial score (nSPS) is 17.5. The lowest BCUT2D eigenvalue weighted by Crippen LogP contribution is -2.59. The Morgan fingerprint density at radius 3 is 2.53 bits per heavy atom. The average Bonchev–Trinajstić information content (AvgIpc) is 2.77. The van der Waals surface area contributed by atoms with Gasteiger partial charge >= 0.3 is 5.97 Å². The predicted octanol–water partition coefficient (Wildman–Crippen LogP) is 2.20.